The average molecular weight is 373 g/mol. The first-order chi connectivity index (χ1) is 11.1. The molecule has 0 atom stereocenters. The van der Waals surface area contributed by atoms with Crippen molar-refractivity contribution in [3.05, 3.63) is 59.8 Å². The molecule has 23 heavy (non-hydrogen) atoms. The fourth-order valence-corrected chi connectivity index (χ4v) is 4.38. The van der Waals surface area contributed by atoms with Crippen molar-refractivity contribution in [2.45, 2.75) is 0 Å². The second-order valence-corrected chi connectivity index (χ2v) is 7.23. The van der Waals surface area contributed by atoms with E-state index in [1.165, 1.54) is 0 Å². The fourth-order valence-electron chi connectivity index (χ4n) is 2.35. The van der Waals surface area contributed by atoms with E-state index in [1.54, 1.807) is 19.2 Å². The van der Waals surface area contributed by atoms with Gasteiger partial charge in [-0.1, -0.05) is 0 Å². The Balaban J connectivity index is 2.00. The Hall–Kier alpha value is -2.56. The predicted octanol–water partition coefficient (Wildman–Crippen LogP) is 0.881. The summed E-state index contributed by atoms with van der Waals surface area (Å²) in [6.45, 7) is 0. The molecule has 116 valence electrons. The summed E-state index contributed by atoms with van der Waals surface area (Å²) >= 11 is -0.0284. The van der Waals surface area contributed by atoms with Crippen LogP contribution in [0.1, 0.15) is 20.7 Å². The molecule has 0 aliphatic rings. The SMILES string of the molecule is CNC(=O)c1cccc2[nH]cc([Se]c3ccc(C(=O)O)cc3)c12. The Kier molecular flexibility index (Phi) is 4.19. The van der Waals surface area contributed by atoms with E-state index in [0.29, 0.717) is 5.56 Å². The Morgan fingerprint density at radius 1 is 1.13 bits per heavy atom. The maximum atomic E-state index is 12.1. The molecular formula is C17H14N2O3Se. The molecule has 6 heteroatoms. The van der Waals surface area contributed by atoms with Gasteiger partial charge >= 0.3 is 138 Å². The van der Waals surface area contributed by atoms with Crippen LogP contribution >= 0.6 is 0 Å². The van der Waals surface area contributed by atoms with Gasteiger partial charge in [-0.15, -0.1) is 0 Å². The van der Waals surface area contributed by atoms with Crippen molar-refractivity contribution in [3.63, 3.8) is 0 Å². The first kappa shape index (κ1) is 15.3. The summed E-state index contributed by atoms with van der Waals surface area (Å²) in [6, 6.07) is 12.5. The number of carbonyl (C=O) groups is 2. The van der Waals surface area contributed by atoms with Gasteiger partial charge in [0.05, 0.1) is 0 Å². The zero-order chi connectivity index (χ0) is 16.4. The second kappa shape index (κ2) is 6.28. The zero-order valence-corrected chi connectivity index (χ0v) is 14.0. The number of carbonyl (C=O) groups excluding carboxylic acids is 1. The Morgan fingerprint density at radius 2 is 1.87 bits per heavy atom. The van der Waals surface area contributed by atoms with Gasteiger partial charge in [0, 0.05) is 0 Å². The van der Waals surface area contributed by atoms with E-state index >= 15 is 0 Å². The molecule has 0 bridgehead atoms. The van der Waals surface area contributed by atoms with E-state index < -0.39 is 5.97 Å². The normalized spacial score (nSPS) is 10.7. The van der Waals surface area contributed by atoms with E-state index in [4.69, 9.17) is 5.11 Å². The molecule has 1 amide bonds. The van der Waals surface area contributed by atoms with Crippen molar-refractivity contribution in [2.24, 2.45) is 0 Å². The minimum absolute atomic E-state index is 0.0284. The van der Waals surface area contributed by atoms with Crippen LogP contribution in [0.25, 0.3) is 10.9 Å². The molecule has 0 spiro atoms. The van der Waals surface area contributed by atoms with Crippen LogP contribution in [0.15, 0.2) is 48.7 Å². The molecule has 1 heterocycles. The van der Waals surface area contributed by atoms with E-state index in [2.05, 4.69) is 10.3 Å². The summed E-state index contributed by atoms with van der Waals surface area (Å²) in [5.74, 6) is -1.05. The number of hydrogen-bond donors (Lipinski definition) is 3. The molecule has 0 fully saturated rings. The van der Waals surface area contributed by atoms with Gasteiger partial charge in [-0.3, -0.25) is 0 Å². The molecule has 0 saturated carbocycles. The summed E-state index contributed by atoms with van der Waals surface area (Å²) in [5, 5.41) is 12.5. The molecule has 1 aromatic heterocycles. The summed E-state index contributed by atoms with van der Waals surface area (Å²) in [6.07, 6.45) is 1.92. The van der Waals surface area contributed by atoms with Crippen LogP contribution < -0.4 is 14.2 Å². The predicted molar refractivity (Wildman–Crippen MR) is 90.1 cm³/mol. The third-order valence-corrected chi connectivity index (χ3v) is 5.67. The molecular weight excluding hydrogens is 359 g/mol. The molecule has 5 nitrogen and oxygen atoms in total. The standard InChI is InChI=1S/C17H14N2O3Se/c1-18-16(20)12-3-2-4-13-15(12)14(9-19-13)23-11-7-5-10(6-8-11)17(21)22/h2-9,19H,1H3,(H,18,20)(H,21,22). The van der Waals surface area contributed by atoms with Crippen molar-refractivity contribution in [3.8, 4) is 0 Å². The molecule has 3 rings (SSSR count). The summed E-state index contributed by atoms with van der Waals surface area (Å²) < 4.78 is 2.12. The average Bonchev–Trinajstić information content (AvgIpc) is 2.97. The molecule has 0 saturated heterocycles. The monoisotopic (exact) mass is 374 g/mol. The second-order valence-electron chi connectivity index (χ2n) is 4.89. The van der Waals surface area contributed by atoms with E-state index in [0.717, 1.165) is 19.8 Å². The third-order valence-electron chi connectivity index (χ3n) is 3.47. The van der Waals surface area contributed by atoms with Crippen LogP contribution in [-0.4, -0.2) is 44.0 Å². The number of H-pyrrole nitrogens is 1. The van der Waals surface area contributed by atoms with Gasteiger partial charge in [0.2, 0.25) is 0 Å². The van der Waals surface area contributed by atoms with Crippen molar-refractivity contribution < 1.29 is 14.7 Å². The number of hydrogen-bond acceptors (Lipinski definition) is 2. The number of aromatic nitrogens is 1. The topological polar surface area (TPSA) is 82.2 Å². The number of benzene rings is 2. The Morgan fingerprint density at radius 3 is 2.52 bits per heavy atom. The first-order valence-corrected chi connectivity index (χ1v) is 8.65. The van der Waals surface area contributed by atoms with Gasteiger partial charge < -0.3 is 0 Å². The quantitative estimate of drug-likeness (QED) is 0.594. The Bertz CT molecular complexity index is 884. The molecule has 0 radical (unpaired) electrons. The third kappa shape index (κ3) is 2.99. The van der Waals surface area contributed by atoms with Gasteiger partial charge in [0.1, 0.15) is 0 Å². The number of aromatic carboxylic acids is 1. The molecule has 0 aliphatic heterocycles. The maximum absolute atomic E-state index is 12.1. The van der Waals surface area contributed by atoms with Crippen LogP contribution in [0.5, 0.6) is 0 Å². The van der Waals surface area contributed by atoms with Gasteiger partial charge in [0.25, 0.3) is 0 Å². The molecule has 3 aromatic rings. The van der Waals surface area contributed by atoms with E-state index in [1.807, 2.05) is 36.5 Å². The van der Waals surface area contributed by atoms with Crippen LogP contribution in [0.3, 0.4) is 0 Å². The van der Waals surface area contributed by atoms with Gasteiger partial charge in [-0.05, 0) is 0 Å². The van der Waals surface area contributed by atoms with E-state index in [9.17, 15) is 9.59 Å². The number of carboxylic acid groups (broad SMARTS) is 1. The van der Waals surface area contributed by atoms with E-state index in [-0.39, 0.29) is 26.4 Å². The van der Waals surface area contributed by atoms with Crippen molar-refractivity contribution in [1.82, 2.24) is 10.3 Å². The molecule has 0 unspecified atom stereocenters. The van der Waals surface area contributed by atoms with Gasteiger partial charge in [0.15, 0.2) is 0 Å². The van der Waals surface area contributed by atoms with Gasteiger partial charge in [-0.2, -0.15) is 0 Å². The number of nitrogens with one attached hydrogen (secondary N) is 2. The minimum atomic E-state index is -0.932. The van der Waals surface area contributed by atoms with Crippen molar-refractivity contribution in [2.75, 3.05) is 7.05 Å². The Labute approximate surface area is 138 Å². The summed E-state index contributed by atoms with van der Waals surface area (Å²) in [7, 11) is 1.61. The number of fused-ring (bicyclic) bond motifs is 1. The van der Waals surface area contributed by atoms with Crippen LogP contribution in [0.2, 0.25) is 0 Å². The number of carboxylic acids is 1. The number of aromatic amines is 1. The van der Waals surface area contributed by atoms with Crippen molar-refractivity contribution >= 4 is 46.7 Å². The first-order valence-electron chi connectivity index (χ1n) is 6.93. The summed E-state index contributed by atoms with van der Waals surface area (Å²) in [5.41, 5.74) is 1.84. The van der Waals surface area contributed by atoms with Crippen LogP contribution in [0.4, 0.5) is 0 Å². The molecule has 3 N–H and O–H groups in total. The fraction of sp³-hybridized carbons (Fsp3) is 0.0588. The zero-order valence-electron chi connectivity index (χ0n) is 12.3. The summed E-state index contributed by atoms with van der Waals surface area (Å²) in [4.78, 5) is 26.2. The number of amides is 1. The van der Waals surface area contributed by atoms with Crippen molar-refractivity contribution in [1.29, 1.82) is 0 Å². The molecule has 0 aliphatic carbocycles. The molecule has 2 aromatic carbocycles. The van der Waals surface area contributed by atoms with Crippen LogP contribution in [0, 0.1) is 0 Å². The van der Waals surface area contributed by atoms with Gasteiger partial charge in [-0.25, -0.2) is 0 Å². The van der Waals surface area contributed by atoms with Crippen LogP contribution in [-0.2, 0) is 0 Å². The number of rotatable bonds is 4.